The minimum Gasteiger partial charge on any atom is -0.342 e. The van der Waals surface area contributed by atoms with Gasteiger partial charge in [-0.1, -0.05) is 56.7 Å². The zero-order valence-electron chi connectivity index (χ0n) is 15.7. The predicted molar refractivity (Wildman–Crippen MR) is 104 cm³/mol. The molecule has 0 saturated carbocycles. The molecule has 0 unspecified atom stereocenters. The summed E-state index contributed by atoms with van der Waals surface area (Å²) in [7, 11) is 0. The van der Waals surface area contributed by atoms with Crippen molar-refractivity contribution in [1.29, 1.82) is 0 Å². The maximum atomic E-state index is 12.7. The summed E-state index contributed by atoms with van der Waals surface area (Å²) in [6.07, 6.45) is 4.54. The van der Waals surface area contributed by atoms with Crippen LogP contribution in [-0.2, 0) is 10.2 Å². The Labute approximate surface area is 161 Å². The summed E-state index contributed by atoms with van der Waals surface area (Å²) in [6, 6.07) is 0. The number of carbonyl (C=O) groups is 1. The van der Waals surface area contributed by atoms with Gasteiger partial charge in [0.25, 0.3) is 5.56 Å². The standard InChI is InChI=1S/C17H25N5O2S2/c1-11(13(23)21-9-7-5-6-8-10-21)25-16-20-22-14(24)12(17(2,3)4)18-19-15(22)26-16/h11H,5-10H2,1-4H3/t11-/m0/s1. The first-order valence-electron chi connectivity index (χ1n) is 9.00. The van der Waals surface area contributed by atoms with Crippen LogP contribution in [0.4, 0.5) is 0 Å². The molecule has 2 aromatic rings. The van der Waals surface area contributed by atoms with Gasteiger partial charge in [-0.05, 0) is 19.8 Å². The second-order valence-electron chi connectivity index (χ2n) is 7.67. The van der Waals surface area contributed by atoms with Crippen LogP contribution in [0.25, 0.3) is 4.96 Å². The van der Waals surface area contributed by atoms with Crippen LogP contribution in [-0.4, -0.2) is 49.0 Å². The van der Waals surface area contributed by atoms with Crippen LogP contribution in [0.1, 0.15) is 59.1 Å². The van der Waals surface area contributed by atoms with E-state index in [0.29, 0.717) is 15.0 Å². The highest BCUT2D eigenvalue weighted by molar-refractivity contribution is 8.02. The number of thioether (sulfide) groups is 1. The maximum absolute atomic E-state index is 12.7. The summed E-state index contributed by atoms with van der Waals surface area (Å²) >= 11 is 2.69. The lowest BCUT2D eigenvalue weighted by Gasteiger charge is -2.23. The lowest BCUT2D eigenvalue weighted by molar-refractivity contribution is -0.130. The molecule has 0 aliphatic carbocycles. The van der Waals surface area contributed by atoms with Crippen molar-refractivity contribution in [2.75, 3.05) is 13.1 Å². The van der Waals surface area contributed by atoms with Gasteiger partial charge in [-0.25, -0.2) is 0 Å². The number of likely N-dealkylation sites (tertiary alicyclic amines) is 1. The van der Waals surface area contributed by atoms with Crippen molar-refractivity contribution < 1.29 is 4.79 Å². The molecule has 26 heavy (non-hydrogen) atoms. The highest BCUT2D eigenvalue weighted by Crippen LogP contribution is 2.29. The molecule has 0 spiro atoms. The number of rotatable bonds is 3. The highest BCUT2D eigenvalue weighted by Gasteiger charge is 2.26. The van der Waals surface area contributed by atoms with Gasteiger partial charge < -0.3 is 4.90 Å². The predicted octanol–water partition coefficient (Wildman–Crippen LogP) is 2.73. The van der Waals surface area contributed by atoms with Crippen molar-refractivity contribution >= 4 is 34.0 Å². The molecule has 3 rings (SSSR count). The average Bonchev–Trinajstić information content (AvgIpc) is 2.79. The quantitative estimate of drug-likeness (QED) is 0.744. The highest BCUT2D eigenvalue weighted by atomic mass is 32.2. The van der Waals surface area contributed by atoms with Crippen LogP contribution in [0, 0.1) is 0 Å². The molecule has 2 aromatic heterocycles. The average molecular weight is 396 g/mol. The summed E-state index contributed by atoms with van der Waals surface area (Å²) in [4.78, 5) is 27.7. The van der Waals surface area contributed by atoms with E-state index in [2.05, 4.69) is 15.3 Å². The van der Waals surface area contributed by atoms with E-state index in [1.165, 1.54) is 40.5 Å². The molecular formula is C17H25N5O2S2. The Morgan fingerprint density at radius 3 is 2.42 bits per heavy atom. The van der Waals surface area contributed by atoms with E-state index in [1.807, 2.05) is 32.6 Å². The van der Waals surface area contributed by atoms with E-state index in [0.717, 1.165) is 25.9 Å². The summed E-state index contributed by atoms with van der Waals surface area (Å²) < 4.78 is 1.97. The van der Waals surface area contributed by atoms with Gasteiger partial charge in [-0.15, -0.1) is 15.3 Å². The lowest BCUT2D eigenvalue weighted by Crippen LogP contribution is -2.37. The topological polar surface area (TPSA) is 80.5 Å². The summed E-state index contributed by atoms with van der Waals surface area (Å²) in [5.41, 5.74) is -0.235. The molecule has 3 heterocycles. The zero-order valence-corrected chi connectivity index (χ0v) is 17.3. The number of fused-ring (bicyclic) bond motifs is 1. The van der Waals surface area contributed by atoms with Gasteiger partial charge in [0.2, 0.25) is 10.9 Å². The summed E-state index contributed by atoms with van der Waals surface area (Å²) in [6.45, 7) is 9.35. The fourth-order valence-electron chi connectivity index (χ4n) is 2.97. The summed E-state index contributed by atoms with van der Waals surface area (Å²) in [5.74, 6) is 0.143. The zero-order chi connectivity index (χ0) is 18.9. The molecule has 1 amide bonds. The molecule has 0 radical (unpaired) electrons. The van der Waals surface area contributed by atoms with Crippen molar-refractivity contribution in [1.82, 2.24) is 24.7 Å². The van der Waals surface area contributed by atoms with Crippen LogP contribution in [0.3, 0.4) is 0 Å². The Bertz CT molecular complexity index is 847. The molecule has 1 atom stereocenters. The fourth-order valence-corrected chi connectivity index (χ4v) is 5.07. The maximum Gasteiger partial charge on any atom is 0.297 e. The Morgan fingerprint density at radius 1 is 1.15 bits per heavy atom. The number of aromatic nitrogens is 4. The van der Waals surface area contributed by atoms with Crippen LogP contribution in [0.2, 0.25) is 0 Å². The van der Waals surface area contributed by atoms with Crippen molar-refractivity contribution in [3.05, 3.63) is 16.0 Å². The number of hydrogen-bond donors (Lipinski definition) is 0. The Hall–Kier alpha value is -1.48. The van der Waals surface area contributed by atoms with Crippen molar-refractivity contribution in [3.8, 4) is 0 Å². The normalized spacial score (nSPS) is 17.3. The van der Waals surface area contributed by atoms with E-state index in [-0.39, 0.29) is 16.7 Å². The van der Waals surface area contributed by atoms with Gasteiger partial charge in [0.1, 0.15) is 5.69 Å². The first kappa shape index (κ1) is 19.3. The Morgan fingerprint density at radius 2 is 1.81 bits per heavy atom. The van der Waals surface area contributed by atoms with Gasteiger partial charge >= 0.3 is 0 Å². The third-order valence-electron chi connectivity index (χ3n) is 4.43. The SMILES string of the molecule is C[C@H](Sc1nn2c(=O)c(C(C)(C)C)nnc2s1)C(=O)N1CCCCCC1. The molecule has 9 heteroatoms. The second kappa shape index (κ2) is 7.64. The number of amides is 1. The molecular weight excluding hydrogens is 370 g/mol. The molecule has 1 aliphatic heterocycles. The summed E-state index contributed by atoms with van der Waals surface area (Å²) in [5, 5.41) is 12.4. The van der Waals surface area contributed by atoms with Crippen molar-refractivity contribution in [3.63, 3.8) is 0 Å². The van der Waals surface area contributed by atoms with E-state index in [4.69, 9.17) is 0 Å². The monoisotopic (exact) mass is 395 g/mol. The molecule has 7 nitrogen and oxygen atoms in total. The molecule has 1 saturated heterocycles. The Kier molecular flexibility index (Phi) is 5.67. The van der Waals surface area contributed by atoms with E-state index < -0.39 is 5.41 Å². The van der Waals surface area contributed by atoms with Crippen LogP contribution in [0.5, 0.6) is 0 Å². The van der Waals surface area contributed by atoms with Crippen LogP contribution < -0.4 is 5.56 Å². The van der Waals surface area contributed by atoms with E-state index in [9.17, 15) is 9.59 Å². The third-order valence-corrected chi connectivity index (χ3v) is 6.50. The van der Waals surface area contributed by atoms with E-state index >= 15 is 0 Å². The molecule has 0 aromatic carbocycles. The molecule has 1 fully saturated rings. The number of carbonyl (C=O) groups excluding carboxylic acids is 1. The van der Waals surface area contributed by atoms with Crippen LogP contribution in [0.15, 0.2) is 9.13 Å². The van der Waals surface area contributed by atoms with Gasteiger partial charge in [0.15, 0.2) is 4.34 Å². The molecule has 0 N–H and O–H groups in total. The number of nitrogens with zero attached hydrogens (tertiary/aromatic N) is 5. The molecule has 1 aliphatic rings. The Balaban J connectivity index is 1.79. The molecule has 142 valence electrons. The van der Waals surface area contributed by atoms with Gasteiger partial charge in [0.05, 0.1) is 5.25 Å². The minimum absolute atomic E-state index is 0.143. The van der Waals surface area contributed by atoms with Gasteiger partial charge in [-0.2, -0.15) is 4.52 Å². The second-order valence-corrected chi connectivity index (χ2v) is 10.2. The fraction of sp³-hybridized carbons (Fsp3) is 0.706. The van der Waals surface area contributed by atoms with Crippen molar-refractivity contribution in [2.24, 2.45) is 0 Å². The van der Waals surface area contributed by atoms with Crippen LogP contribution >= 0.6 is 23.1 Å². The smallest absolute Gasteiger partial charge is 0.297 e. The minimum atomic E-state index is -0.391. The van der Waals surface area contributed by atoms with Gasteiger partial charge in [0, 0.05) is 18.5 Å². The first-order chi connectivity index (χ1) is 12.3. The van der Waals surface area contributed by atoms with E-state index in [1.54, 1.807) is 0 Å². The first-order valence-corrected chi connectivity index (χ1v) is 10.7. The van der Waals surface area contributed by atoms with Gasteiger partial charge in [-0.3, -0.25) is 9.59 Å². The largest absolute Gasteiger partial charge is 0.342 e. The lowest BCUT2D eigenvalue weighted by atomic mass is 9.93. The molecule has 0 bridgehead atoms. The number of hydrogen-bond acceptors (Lipinski definition) is 7. The third kappa shape index (κ3) is 4.09. The van der Waals surface area contributed by atoms with Crippen molar-refractivity contribution in [2.45, 2.75) is 68.4 Å².